The Labute approximate surface area is 253 Å². The fourth-order valence-electron chi connectivity index (χ4n) is 5.43. The summed E-state index contributed by atoms with van der Waals surface area (Å²) in [7, 11) is 0. The van der Waals surface area contributed by atoms with E-state index in [-0.39, 0.29) is 22.7 Å². The molecule has 0 aliphatic carbocycles. The van der Waals surface area contributed by atoms with E-state index in [0.717, 1.165) is 49.5 Å². The molecule has 0 bridgehead atoms. The summed E-state index contributed by atoms with van der Waals surface area (Å²) in [6.07, 6.45) is 3.70. The first-order chi connectivity index (χ1) is 20.3. The zero-order valence-corrected chi connectivity index (χ0v) is 24.9. The van der Waals surface area contributed by atoms with Crippen molar-refractivity contribution in [1.29, 1.82) is 0 Å². The van der Waals surface area contributed by atoms with E-state index in [1.807, 2.05) is 43.6 Å². The lowest BCUT2D eigenvalue weighted by Crippen LogP contribution is -2.29. The molecule has 0 unspecified atom stereocenters. The molecule has 3 aromatic heterocycles. The van der Waals surface area contributed by atoms with Crippen LogP contribution in [0.15, 0.2) is 107 Å². The summed E-state index contributed by atoms with van der Waals surface area (Å²) < 4.78 is 2.19. The van der Waals surface area contributed by atoms with Gasteiger partial charge < -0.3 is 14.8 Å². The van der Waals surface area contributed by atoms with Crippen molar-refractivity contribution in [2.75, 3.05) is 4.90 Å². The maximum absolute atomic E-state index is 11.0. The van der Waals surface area contributed by atoms with Crippen LogP contribution in [0.25, 0.3) is 5.82 Å². The first kappa shape index (κ1) is 27.6. The molecule has 0 radical (unpaired) electrons. The van der Waals surface area contributed by atoms with Gasteiger partial charge in [0.15, 0.2) is 5.11 Å². The summed E-state index contributed by atoms with van der Waals surface area (Å²) in [6.45, 7) is 6.26. The fraction of sp³-hybridized carbons (Fsp3) is 0.156. The predicted octanol–water partition coefficient (Wildman–Crippen LogP) is 7.43. The second-order valence-electron chi connectivity index (χ2n) is 10.2. The average molecular weight is 593 g/mol. The number of nitro benzene ring substituents is 1. The number of hydrogen-bond donors (Lipinski definition) is 1. The van der Waals surface area contributed by atoms with E-state index in [1.165, 1.54) is 12.1 Å². The van der Waals surface area contributed by atoms with Gasteiger partial charge in [-0.05, 0) is 105 Å². The van der Waals surface area contributed by atoms with Crippen LogP contribution in [0.3, 0.4) is 0 Å². The van der Waals surface area contributed by atoms with Crippen molar-refractivity contribution in [3.05, 3.63) is 136 Å². The lowest BCUT2D eigenvalue weighted by molar-refractivity contribution is -0.384. The van der Waals surface area contributed by atoms with E-state index < -0.39 is 0 Å². The Morgan fingerprint density at radius 3 is 2.26 bits per heavy atom. The summed E-state index contributed by atoms with van der Waals surface area (Å²) in [5.74, 6) is 0.879. The van der Waals surface area contributed by atoms with Gasteiger partial charge in [-0.25, -0.2) is 4.98 Å². The number of aromatic nitrogens is 3. The average Bonchev–Trinajstić information content (AvgIpc) is 3.49. The molecule has 1 aliphatic heterocycles. The standard InChI is InChI=1S/C32H28N6O2S2/c1-20-7-16-29(34-19-20)36-21(2)18-27(22(36)3)31-30(28-6-4-5-17-33-28)35-32(41)37(31)23-8-12-25(13-9-23)42-26-14-10-24(11-15-26)38(39)40/h4-19,30-31H,1-3H3,(H,35,41)/t30-,31-/m1/s1. The van der Waals surface area contributed by atoms with Crippen molar-refractivity contribution in [3.8, 4) is 5.82 Å². The molecule has 6 rings (SSSR count). The molecule has 8 nitrogen and oxygen atoms in total. The van der Waals surface area contributed by atoms with Crippen LogP contribution >= 0.6 is 24.0 Å². The van der Waals surface area contributed by atoms with Crippen molar-refractivity contribution in [1.82, 2.24) is 19.9 Å². The third kappa shape index (κ3) is 5.26. The number of hydrogen-bond acceptors (Lipinski definition) is 6. The second-order valence-corrected chi connectivity index (χ2v) is 11.7. The number of thiocarbonyl (C=S) groups is 1. The third-order valence-electron chi connectivity index (χ3n) is 7.41. The van der Waals surface area contributed by atoms with Crippen molar-refractivity contribution >= 4 is 40.5 Å². The Morgan fingerprint density at radius 1 is 0.929 bits per heavy atom. The quantitative estimate of drug-likeness (QED) is 0.119. The maximum Gasteiger partial charge on any atom is 0.269 e. The molecule has 4 heterocycles. The van der Waals surface area contributed by atoms with Crippen LogP contribution in [-0.4, -0.2) is 24.6 Å². The van der Waals surface area contributed by atoms with Gasteiger partial charge in [0, 0.05) is 51.4 Å². The largest absolute Gasteiger partial charge is 0.351 e. The Morgan fingerprint density at radius 2 is 1.64 bits per heavy atom. The summed E-state index contributed by atoms with van der Waals surface area (Å²) >= 11 is 7.50. The van der Waals surface area contributed by atoms with Crippen LogP contribution < -0.4 is 10.2 Å². The first-order valence-electron chi connectivity index (χ1n) is 13.4. The van der Waals surface area contributed by atoms with E-state index in [2.05, 4.69) is 65.0 Å². The van der Waals surface area contributed by atoms with Crippen LogP contribution in [0, 0.1) is 30.9 Å². The Kier molecular flexibility index (Phi) is 7.49. The Hall–Kier alpha value is -4.54. The van der Waals surface area contributed by atoms with Crippen LogP contribution in [-0.2, 0) is 0 Å². The number of nitrogens with zero attached hydrogens (tertiary/aromatic N) is 5. The highest BCUT2D eigenvalue weighted by Gasteiger charge is 2.42. The molecular formula is C32H28N6O2S2. The van der Waals surface area contributed by atoms with Gasteiger partial charge in [-0.2, -0.15) is 0 Å². The molecule has 10 heteroatoms. The molecule has 210 valence electrons. The van der Waals surface area contributed by atoms with Crippen molar-refractivity contribution < 1.29 is 4.92 Å². The molecule has 0 saturated carbocycles. The molecule has 2 atom stereocenters. The number of non-ortho nitro benzene ring substituents is 1. The third-order valence-corrected chi connectivity index (χ3v) is 8.74. The molecule has 0 spiro atoms. The van der Waals surface area contributed by atoms with Gasteiger partial charge in [-0.15, -0.1) is 0 Å². The maximum atomic E-state index is 11.0. The molecule has 0 amide bonds. The van der Waals surface area contributed by atoms with Gasteiger partial charge in [0.05, 0.1) is 22.7 Å². The van der Waals surface area contributed by atoms with Gasteiger partial charge in [-0.1, -0.05) is 23.9 Å². The molecule has 42 heavy (non-hydrogen) atoms. The lowest BCUT2D eigenvalue weighted by atomic mass is 9.96. The van der Waals surface area contributed by atoms with Crippen molar-refractivity contribution in [2.24, 2.45) is 0 Å². The predicted molar refractivity (Wildman–Crippen MR) is 169 cm³/mol. The van der Waals surface area contributed by atoms with E-state index in [9.17, 15) is 10.1 Å². The SMILES string of the molecule is Cc1ccc(-n2c(C)cc([C@@H]3[C@@H](c4ccccn4)NC(=S)N3c3ccc(Sc4ccc([N+](=O)[O-])cc4)cc3)c2C)nc1. The highest BCUT2D eigenvalue weighted by molar-refractivity contribution is 7.99. The minimum absolute atomic E-state index is 0.0794. The van der Waals surface area contributed by atoms with Crippen LogP contribution in [0.2, 0.25) is 0 Å². The van der Waals surface area contributed by atoms with Crippen LogP contribution in [0.4, 0.5) is 11.4 Å². The highest BCUT2D eigenvalue weighted by Crippen LogP contribution is 2.44. The van der Waals surface area contributed by atoms with Gasteiger partial charge >= 0.3 is 0 Å². The summed E-state index contributed by atoms with van der Waals surface area (Å²) in [5.41, 5.74) is 6.39. The molecule has 1 fully saturated rings. The van der Waals surface area contributed by atoms with Gasteiger partial charge in [0.25, 0.3) is 5.69 Å². The van der Waals surface area contributed by atoms with E-state index >= 15 is 0 Å². The molecule has 1 saturated heterocycles. The molecule has 5 aromatic rings. The van der Waals surface area contributed by atoms with Crippen molar-refractivity contribution in [3.63, 3.8) is 0 Å². The minimum Gasteiger partial charge on any atom is -0.351 e. The number of pyridine rings is 2. The summed E-state index contributed by atoms with van der Waals surface area (Å²) in [4.78, 5) is 24.1. The number of aryl methyl sites for hydroxylation is 2. The second kappa shape index (κ2) is 11.4. The van der Waals surface area contributed by atoms with Gasteiger partial charge in [0.2, 0.25) is 0 Å². The van der Waals surface area contributed by atoms with E-state index in [4.69, 9.17) is 22.2 Å². The fourth-order valence-corrected chi connectivity index (χ4v) is 6.59. The van der Waals surface area contributed by atoms with Crippen LogP contribution in [0.1, 0.15) is 40.3 Å². The Balaban J connectivity index is 1.37. The van der Waals surface area contributed by atoms with Gasteiger partial charge in [0.1, 0.15) is 5.82 Å². The molecule has 2 aromatic carbocycles. The number of anilines is 1. The number of nitrogens with one attached hydrogen (secondary N) is 1. The van der Waals surface area contributed by atoms with E-state index in [0.29, 0.717) is 5.11 Å². The lowest BCUT2D eigenvalue weighted by Gasteiger charge is -2.28. The normalized spacial score (nSPS) is 16.5. The monoisotopic (exact) mass is 592 g/mol. The molecule has 1 aliphatic rings. The summed E-state index contributed by atoms with van der Waals surface area (Å²) in [5, 5.41) is 15.2. The number of rotatable bonds is 7. The van der Waals surface area contributed by atoms with Crippen molar-refractivity contribution in [2.45, 2.75) is 42.6 Å². The van der Waals surface area contributed by atoms with Gasteiger partial charge in [-0.3, -0.25) is 15.1 Å². The molecule has 1 N–H and O–H groups in total. The van der Waals surface area contributed by atoms with E-state index in [1.54, 1.807) is 23.9 Å². The smallest absolute Gasteiger partial charge is 0.269 e. The highest BCUT2D eigenvalue weighted by atomic mass is 32.2. The zero-order chi connectivity index (χ0) is 29.4. The summed E-state index contributed by atoms with van der Waals surface area (Å²) in [6, 6.07) is 26.8. The Bertz CT molecular complexity index is 1750. The minimum atomic E-state index is -0.389. The topological polar surface area (TPSA) is 89.1 Å². The van der Waals surface area contributed by atoms with Crippen LogP contribution in [0.5, 0.6) is 0 Å². The first-order valence-corrected chi connectivity index (χ1v) is 14.7. The zero-order valence-electron chi connectivity index (χ0n) is 23.3. The molecular weight excluding hydrogens is 565 g/mol. The number of benzene rings is 2. The number of nitro groups is 1.